The van der Waals surface area contributed by atoms with Gasteiger partial charge in [0.05, 0.1) is 7.06 Å². The fraction of sp³-hybridized carbons (Fsp3) is 0.0909. The first-order valence-corrected chi connectivity index (χ1v) is 4.70. The second-order valence-corrected chi connectivity index (χ2v) is 3.48. The van der Waals surface area contributed by atoms with Gasteiger partial charge in [-0.3, -0.25) is 0 Å². The van der Waals surface area contributed by atoms with Crippen molar-refractivity contribution in [2.24, 2.45) is 0 Å². The standard InChI is InChI=1S/C11H9BrN2/c1-8-6-11(14-7-13-8)9-4-2-3-5-10(9)12/h2-7H,1H3/i1D3,6D,7D. The zero-order valence-corrected chi connectivity index (χ0v) is 8.67. The Hall–Kier alpha value is -1.22. The summed E-state index contributed by atoms with van der Waals surface area (Å²) in [7, 11) is 0. The summed E-state index contributed by atoms with van der Waals surface area (Å²) in [5, 5.41) is 0. The van der Waals surface area contributed by atoms with Crippen LogP contribution in [0.25, 0.3) is 11.3 Å². The van der Waals surface area contributed by atoms with Crippen LogP contribution in [0.2, 0.25) is 0 Å². The third-order valence-corrected chi connectivity index (χ3v) is 2.38. The lowest BCUT2D eigenvalue weighted by Gasteiger charge is -2.03. The van der Waals surface area contributed by atoms with E-state index in [1.807, 2.05) is 0 Å². The average Bonchev–Trinajstić information content (AvgIpc) is 2.31. The van der Waals surface area contributed by atoms with Crippen LogP contribution in [-0.4, -0.2) is 9.97 Å². The minimum atomic E-state index is -2.54. The van der Waals surface area contributed by atoms with Crippen molar-refractivity contribution >= 4 is 15.9 Å². The molecule has 0 saturated heterocycles. The third kappa shape index (κ3) is 1.82. The van der Waals surface area contributed by atoms with Crippen LogP contribution in [0, 0.1) is 6.85 Å². The maximum absolute atomic E-state index is 7.94. The maximum Gasteiger partial charge on any atom is 0.116 e. The van der Waals surface area contributed by atoms with Crippen molar-refractivity contribution in [1.82, 2.24) is 9.97 Å². The number of nitrogens with zero attached hydrogens (tertiary/aromatic N) is 2. The van der Waals surface area contributed by atoms with Crippen LogP contribution >= 0.6 is 15.9 Å². The zero-order valence-electron chi connectivity index (χ0n) is 12.1. The summed E-state index contributed by atoms with van der Waals surface area (Å²) in [6.45, 7) is -2.54. The molecule has 0 saturated carbocycles. The van der Waals surface area contributed by atoms with E-state index in [0.717, 1.165) is 0 Å². The molecule has 0 bridgehead atoms. The SMILES string of the molecule is [2H]c1nc(-c2ccccc2Br)c([2H])c(C([2H])([2H])[2H])n1. The van der Waals surface area contributed by atoms with Gasteiger partial charge in [-0.05, 0) is 19.0 Å². The second-order valence-electron chi connectivity index (χ2n) is 2.63. The Balaban J connectivity index is 2.72. The fourth-order valence-corrected chi connectivity index (χ4v) is 1.55. The van der Waals surface area contributed by atoms with E-state index in [1.165, 1.54) is 0 Å². The smallest absolute Gasteiger partial charge is 0.116 e. The summed E-state index contributed by atoms with van der Waals surface area (Å²) in [5.74, 6) is 0. The highest BCUT2D eigenvalue weighted by Crippen LogP contribution is 2.25. The quantitative estimate of drug-likeness (QED) is 0.780. The molecule has 0 radical (unpaired) electrons. The Morgan fingerprint density at radius 2 is 2.21 bits per heavy atom. The van der Waals surface area contributed by atoms with Crippen LogP contribution in [0.15, 0.2) is 41.1 Å². The Labute approximate surface area is 98.2 Å². The van der Waals surface area contributed by atoms with E-state index in [-0.39, 0.29) is 11.7 Å². The van der Waals surface area contributed by atoms with Crippen molar-refractivity contribution in [3.05, 3.63) is 46.8 Å². The number of hydrogen-bond donors (Lipinski definition) is 0. The summed E-state index contributed by atoms with van der Waals surface area (Å²) < 4.78 is 38.2. The van der Waals surface area contributed by atoms with Gasteiger partial charge in [-0.15, -0.1) is 0 Å². The molecule has 70 valence electrons. The van der Waals surface area contributed by atoms with Gasteiger partial charge in [0.25, 0.3) is 0 Å². The van der Waals surface area contributed by atoms with Crippen molar-refractivity contribution in [2.45, 2.75) is 6.85 Å². The molecule has 1 aromatic carbocycles. The van der Waals surface area contributed by atoms with E-state index in [9.17, 15) is 0 Å². The minimum Gasteiger partial charge on any atom is -0.242 e. The molecule has 0 N–H and O–H groups in total. The van der Waals surface area contributed by atoms with E-state index in [0.29, 0.717) is 10.0 Å². The molecule has 0 aliphatic rings. The summed E-state index contributed by atoms with van der Waals surface area (Å²) in [4.78, 5) is 7.42. The Morgan fingerprint density at radius 1 is 1.36 bits per heavy atom. The van der Waals surface area contributed by atoms with Gasteiger partial charge in [-0.2, -0.15) is 0 Å². The number of halogens is 1. The second kappa shape index (κ2) is 3.88. The normalized spacial score (nSPS) is 16.2. The van der Waals surface area contributed by atoms with E-state index in [4.69, 9.17) is 6.85 Å². The minimum absolute atomic E-state index is 0.138. The van der Waals surface area contributed by atoms with Gasteiger partial charge in [0.1, 0.15) is 7.67 Å². The van der Waals surface area contributed by atoms with E-state index in [2.05, 4.69) is 25.9 Å². The Morgan fingerprint density at radius 3 is 3.00 bits per heavy atom. The molecule has 0 unspecified atom stereocenters. The molecule has 0 aliphatic carbocycles. The lowest BCUT2D eigenvalue weighted by molar-refractivity contribution is 1.10. The molecule has 3 heteroatoms. The molecule has 2 rings (SSSR count). The van der Waals surface area contributed by atoms with Crippen LogP contribution in [-0.2, 0) is 0 Å². The van der Waals surface area contributed by atoms with Gasteiger partial charge in [-0.25, -0.2) is 9.97 Å². The summed E-state index contributed by atoms with van der Waals surface area (Å²) in [5.41, 5.74) is 0.297. The largest absolute Gasteiger partial charge is 0.242 e. The zero-order chi connectivity index (χ0) is 14.2. The lowest BCUT2D eigenvalue weighted by atomic mass is 10.1. The monoisotopic (exact) mass is 253 g/mol. The van der Waals surface area contributed by atoms with Gasteiger partial charge in [0.15, 0.2) is 0 Å². The van der Waals surface area contributed by atoms with Crippen molar-refractivity contribution in [2.75, 3.05) is 0 Å². The van der Waals surface area contributed by atoms with Crippen LogP contribution in [0.3, 0.4) is 0 Å². The van der Waals surface area contributed by atoms with Crippen LogP contribution in [0.5, 0.6) is 0 Å². The van der Waals surface area contributed by atoms with Gasteiger partial charge in [0, 0.05) is 19.8 Å². The van der Waals surface area contributed by atoms with Crippen LogP contribution < -0.4 is 0 Å². The molecular formula is C11H9BrN2. The first kappa shape index (κ1) is 5.03. The van der Waals surface area contributed by atoms with E-state index >= 15 is 0 Å². The molecule has 0 atom stereocenters. The number of rotatable bonds is 1. The fourth-order valence-electron chi connectivity index (χ4n) is 1.07. The predicted octanol–water partition coefficient (Wildman–Crippen LogP) is 3.21. The molecule has 1 heterocycles. The van der Waals surface area contributed by atoms with E-state index in [1.54, 1.807) is 24.3 Å². The molecule has 0 fully saturated rings. The molecule has 0 spiro atoms. The van der Waals surface area contributed by atoms with Crippen molar-refractivity contribution < 1.29 is 6.85 Å². The highest BCUT2D eigenvalue weighted by atomic mass is 79.9. The molecule has 0 aliphatic heterocycles. The van der Waals surface area contributed by atoms with Gasteiger partial charge in [0.2, 0.25) is 0 Å². The highest BCUT2D eigenvalue weighted by Gasteiger charge is 2.02. The highest BCUT2D eigenvalue weighted by molar-refractivity contribution is 9.10. The number of aromatic nitrogens is 2. The third-order valence-electron chi connectivity index (χ3n) is 1.69. The molecular weight excluding hydrogens is 240 g/mol. The molecule has 2 nitrogen and oxygen atoms in total. The summed E-state index contributed by atoms with van der Waals surface area (Å²) >= 11 is 3.32. The number of hydrogen-bond acceptors (Lipinski definition) is 2. The Bertz CT molecular complexity index is 627. The first-order chi connectivity index (χ1) is 8.80. The first-order valence-electron chi connectivity index (χ1n) is 6.41. The van der Waals surface area contributed by atoms with Gasteiger partial charge < -0.3 is 0 Å². The Kier molecular flexibility index (Phi) is 1.39. The summed E-state index contributed by atoms with van der Waals surface area (Å²) in [6, 6.07) is 6.73. The molecule has 0 amide bonds. The molecule has 1 aromatic heterocycles. The van der Waals surface area contributed by atoms with Crippen LogP contribution in [0.4, 0.5) is 0 Å². The number of aryl methyl sites for hydroxylation is 1. The van der Waals surface area contributed by atoms with Crippen molar-refractivity contribution in [3.63, 3.8) is 0 Å². The summed E-state index contributed by atoms with van der Waals surface area (Å²) in [6.07, 6.45) is -0.409. The maximum atomic E-state index is 7.94. The van der Waals surface area contributed by atoms with Crippen molar-refractivity contribution in [1.29, 1.82) is 0 Å². The van der Waals surface area contributed by atoms with Gasteiger partial charge in [-0.1, -0.05) is 34.1 Å². The lowest BCUT2D eigenvalue weighted by Crippen LogP contribution is -1.88. The van der Waals surface area contributed by atoms with Gasteiger partial charge >= 0.3 is 0 Å². The predicted molar refractivity (Wildman–Crippen MR) is 59.9 cm³/mol. The average molecular weight is 254 g/mol. The molecule has 2 aromatic rings. The molecule has 14 heavy (non-hydrogen) atoms. The van der Waals surface area contributed by atoms with Crippen molar-refractivity contribution in [3.8, 4) is 11.3 Å². The van der Waals surface area contributed by atoms with Crippen LogP contribution in [0.1, 0.15) is 12.5 Å². The number of benzene rings is 1. The van der Waals surface area contributed by atoms with E-state index < -0.39 is 18.8 Å². The topological polar surface area (TPSA) is 25.8 Å².